The lowest BCUT2D eigenvalue weighted by molar-refractivity contribution is -0.158. The van der Waals surface area contributed by atoms with E-state index in [2.05, 4.69) is 21.8 Å². The highest BCUT2D eigenvalue weighted by molar-refractivity contribution is 5.77. The molecule has 0 bridgehead atoms. The molecule has 2 fully saturated rings. The Morgan fingerprint density at radius 1 is 1.36 bits per heavy atom. The van der Waals surface area contributed by atoms with Crippen molar-refractivity contribution < 1.29 is 4.74 Å². The molecule has 5 nitrogen and oxygen atoms in total. The number of nitrogens with one attached hydrogen (secondary N) is 1. The van der Waals surface area contributed by atoms with E-state index in [1.807, 2.05) is 24.3 Å². The minimum atomic E-state index is -0.0564. The summed E-state index contributed by atoms with van der Waals surface area (Å²) in [4.78, 5) is 22.3. The van der Waals surface area contributed by atoms with E-state index in [-0.39, 0.29) is 17.2 Å². The van der Waals surface area contributed by atoms with E-state index in [4.69, 9.17) is 4.74 Å². The Bertz CT molecular complexity index is 751. The van der Waals surface area contributed by atoms with Gasteiger partial charge in [-0.05, 0) is 38.3 Å². The number of ether oxygens (including phenoxy) is 1. The minimum absolute atomic E-state index is 0.0564. The molecule has 1 spiro atoms. The Balaban J connectivity index is 1.64. The molecule has 5 heteroatoms. The first-order valence-electron chi connectivity index (χ1n) is 8.04. The second-order valence-corrected chi connectivity index (χ2v) is 6.50. The fourth-order valence-electron chi connectivity index (χ4n) is 3.55. The third kappa shape index (κ3) is 2.25. The van der Waals surface area contributed by atoms with E-state index >= 15 is 0 Å². The van der Waals surface area contributed by atoms with Gasteiger partial charge in [-0.25, -0.2) is 4.98 Å². The summed E-state index contributed by atoms with van der Waals surface area (Å²) in [5.41, 5.74) is 0.766. The molecule has 2 heterocycles. The van der Waals surface area contributed by atoms with Crippen molar-refractivity contribution in [1.29, 1.82) is 0 Å². The van der Waals surface area contributed by atoms with Crippen LogP contribution in [-0.2, 0) is 4.74 Å². The Morgan fingerprint density at radius 2 is 2.18 bits per heavy atom. The molecule has 1 aliphatic heterocycles. The summed E-state index contributed by atoms with van der Waals surface area (Å²) in [7, 11) is 0. The van der Waals surface area contributed by atoms with Gasteiger partial charge in [0.05, 0.1) is 29.2 Å². The van der Waals surface area contributed by atoms with Gasteiger partial charge in [0.25, 0.3) is 5.56 Å². The number of nitrogens with zero attached hydrogens (tertiary/aromatic N) is 2. The van der Waals surface area contributed by atoms with E-state index in [0.29, 0.717) is 5.39 Å². The largest absolute Gasteiger partial charge is 0.372 e. The van der Waals surface area contributed by atoms with Gasteiger partial charge in [-0.3, -0.25) is 9.69 Å². The molecule has 1 unspecified atom stereocenters. The molecule has 2 aromatic rings. The number of hydrogen-bond donors (Lipinski definition) is 1. The van der Waals surface area contributed by atoms with Crippen LogP contribution >= 0.6 is 0 Å². The van der Waals surface area contributed by atoms with Crippen LogP contribution in [0.1, 0.15) is 38.1 Å². The van der Waals surface area contributed by atoms with Crippen LogP contribution in [0.4, 0.5) is 0 Å². The molecule has 2 aliphatic rings. The van der Waals surface area contributed by atoms with Crippen molar-refractivity contribution in [2.75, 3.05) is 19.7 Å². The first-order chi connectivity index (χ1) is 10.7. The Kier molecular flexibility index (Phi) is 3.27. The molecule has 22 heavy (non-hydrogen) atoms. The summed E-state index contributed by atoms with van der Waals surface area (Å²) < 4.78 is 5.98. The maximum Gasteiger partial charge on any atom is 0.258 e. The average molecular weight is 299 g/mol. The summed E-state index contributed by atoms with van der Waals surface area (Å²) in [5, 5.41) is 0.649. The highest BCUT2D eigenvalue weighted by atomic mass is 16.5. The second-order valence-electron chi connectivity index (χ2n) is 6.50. The lowest BCUT2D eigenvalue weighted by Gasteiger charge is -2.49. The number of fused-ring (bicyclic) bond motifs is 1. The number of hydrogen-bond acceptors (Lipinski definition) is 4. The van der Waals surface area contributed by atoms with Gasteiger partial charge in [0.1, 0.15) is 5.82 Å². The Hall–Kier alpha value is -1.72. The van der Waals surface area contributed by atoms with E-state index in [1.165, 1.54) is 6.42 Å². The molecule has 1 atom stereocenters. The van der Waals surface area contributed by atoms with Crippen LogP contribution in [0.15, 0.2) is 29.1 Å². The summed E-state index contributed by atoms with van der Waals surface area (Å²) >= 11 is 0. The zero-order valence-corrected chi connectivity index (χ0v) is 12.8. The zero-order valence-electron chi connectivity index (χ0n) is 12.8. The Morgan fingerprint density at radius 3 is 2.95 bits per heavy atom. The average Bonchev–Trinajstić information content (AvgIpc) is 2.53. The van der Waals surface area contributed by atoms with Gasteiger partial charge in [-0.15, -0.1) is 0 Å². The summed E-state index contributed by atoms with van der Waals surface area (Å²) in [5.74, 6) is 0.750. The number of H-pyrrole nitrogens is 1. The molecule has 1 saturated heterocycles. The van der Waals surface area contributed by atoms with Crippen molar-refractivity contribution in [3.63, 3.8) is 0 Å². The van der Waals surface area contributed by atoms with E-state index < -0.39 is 0 Å². The minimum Gasteiger partial charge on any atom is -0.372 e. The van der Waals surface area contributed by atoms with Crippen LogP contribution in [0.25, 0.3) is 10.9 Å². The van der Waals surface area contributed by atoms with Gasteiger partial charge in [0, 0.05) is 13.1 Å². The molecule has 1 aromatic carbocycles. The van der Waals surface area contributed by atoms with Crippen molar-refractivity contribution in [1.82, 2.24) is 14.9 Å². The van der Waals surface area contributed by atoms with Crippen molar-refractivity contribution in [2.45, 2.75) is 37.8 Å². The van der Waals surface area contributed by atoms with Gasteiger partial charge < -0.3 is 9.72 Å². The molecule has 1 aromatic heterocycles. The van der Waals surface area contributed by atoms with Crippen LogP contribution < -0.4 is 5.56 Å². The van der Waals surface area contributed by atoms with Gasteiger partial charge in [-0.1, -0.05) is 12.1 Å². The standard InChI is InChI=1S/C17H21N3O2/c1-12(20-9-10-22-17(11-20)7-4-8-17)15-18-14-6-3-2-5-13(14)16(21)19-15/h2-3,5-6,12H,4,7-11H2,1H3,(H,18,19,21). The lowest BCUT2D eigenvalue weighted by atomic mass is 9.78. The molecule has 1 aliphatic carbocycles. The van der Waals surface area contributed by atoms with Crippen molar-refractivity contribution in [3.8, 4) is 0 Å². The molecule has 116 valence electrons. The fourth-order valence-corrected chi connectivity index (χ4v) is 3.55. The van der Waals surface area contributed by atoms with Crippen molar-refractivity contribution in [2.24, 2.45) is 0 Å². The highest BCUT2D eigenvalue weighted by Crippen LogP contribution is 2.39. The molecular weight excluding hydrogens is 278 g/mol. The van der Waals surface area contributed by atoms with Crippen LogP contribution in [0, 0.1) is 0 Å². The predicted octanol–water partition coefficient (Wildman–Crippen LogP) is 2.24. The third-order valence-corrected chi connectivity index (χ3v) is 5.12. The monoisotopic (exact) mass is 299 g/mol. The molecule has 4 rings (SSSR count). The predicted molar refractivity (Wildman–Crippen MR) is 84.9 cm³/mol. The maximum absolute atomic E-state index is 12.2. The topological polar surface area (TPSA) is 58.2 Å². The quantitative estimate of drug-likeness (QED) is 0.924. The maximum atomic E-state index is 12.2. The summed E-state index contributed by atoms with van der Waals surface area (Å²) in [6, 6.07) is 7.59. The summed E-state index contributed by atoms with van der Waals surface area (Å²) in [6.07, 6.45) is 3.56. The fraction of sp³-hybridized carbons (Fsp3) is 0.529. The van der Waals surface area contributed by atoms with E-state index in [1.54, 1.807) is 0 Å². The molecule has 1 N–H and O–H groups in total. The van der Waals surface area contributed by atoms with E-state index in [9.17, 15) is 4.79 Å². The SMILES string of the molecule is CC(c1nc2ccccc2c(=O)[nH]1)N1CCOC2(CCC2)C1. The number of benzene rings is 1. The van der Waals surface area contributed by atoms with Gasteiger partial charge in [0.2, 0.25) is 0 Å². The lowest BCUT2D eigenvalue weighted by Crippen LogP contribution is -2.56. The van der Waals surface area contributed by atoms with Crippen LogP contribution in [0.3, 0.4) is 0 Å². The van der Waals surface area contributed by atoms with E-state index in [0.717, 1.165) is 43.9 Å². The van der Waals surface area contributed by atoms with Gasteiger partial charge >= 0.3 is 0 Å². The number of aromatic amines is 1. The van der Waals surface area contributed by atoms with Crippen molar-refractivity contribution >= 4 is 10.9 Å². The van der Waals surface area contributed by atoms with Gasteiger partial charge in [0.15, 0.2) is 0 Å². The molecular formula is C17H21N3O2. The molecule has 0 radical (unpaired) electrons. The smallest absolute Gasteiger partial charge is 0.258 e. The first kappa shape index (κ1) is 13.9. The summed E-state index contributed by atoms with van der Waals surface area (Å²) in [6.45, 7) is 4.71. The molecule has 1 saturated carbocycles. The van der Waals surface area contributed by atoms with Crippen LogP contribution in [-0.4, -0.2) is 40.2 Å². The van der Waals surface area contributed by atoms with Gasteiger partial charge in [-0.2, -0.15) is 0 Å². The Labute approximate surface area is 129 Å². The number of rotatable bonds is 2. The molecule has 0 amide bonds. The third-order valence-electron chi connectivity index (χ3n) is 5.12. The number of aromatic nitrogens is 2. The van der Waals surface area contributed by atoms with Crippen LogP contribution in [0.2, 0.25) is 0 Å². The van der Waals surface area contributed by atoms with Crippen LogP contribution in [0.5, 0.6) is 0 Å². The number of para-hydroxylation sites is 1. The normalized spacial score (nSPS) is 22.6. The number of morpholine rings is 1. The van der Waals surface area contributed by atoms with Crippen molar-refractivity contribution in [3.05, 3.63) is 40.4 Å². The highest BCUT2D eigenvalue weighted by Gasteiger charge is 2.43. The first-order valence-corrected chi connectivity index (χ1v) is 8.04. The second kappa shape index (κ2) is 5.18. The zero-order chi connectivity index (χ0) is 15.2.